The molecule has 1 aliphatic rings. The summed E-state index contributed by atoms with van der Waals surface area (Å²) < 4.78 is 0. The molecular weight excluding hydrogens is 370 g/mol. The minimum atomic E-state index is -0.534. The van der Waals surface area contributed by atoms with E-state index in [0.717, 1.165) is 38.1 Å². The van der Waals surface area contributed by atoms with Crippen LogP contribution in [0.15, 0.2) is 22.5 Å². The number of amides is 1. The average molecular weight is 408 g/mol. The molecule has 28 heavy (non-hydrogen) atoms. The number of nitrogens with zero attached hydrogens (tertiary/aromatic N) is 2. The van der Waals surface area contributed by atoms with E-state index in [9.17, 15) is 4.79 Å². The number of nitrogens with one attached hydrogen (secondary N) is 3. The van der Waals surface area contributed by atoms with E-state index < -0.39 is 5.41 Å². The van der Waals surface area contributed by atoms with Crippen LogP contribution < -0.4 is 16.0 Å². The molecule has 0 radical (unpaired) electrons. The van der Waals surface area contributed by atoms with Crippen LogP contribution in [0.3, 0.4) is 0 Å². The smallest absolute Gasteiger partial charge is 0.227 e. The van der Waals surface area contributed by atoms with Gasteiger partial charge in [0.15, 0.2) is 5.96 Å². The normalized spacial score (nSPS) is 18.0. The molecule has 0 aliphatic carbocycles. The largest absolute Gasteiger partial charge is 0.359 e. The number of thiophene rings is 1. The van der Waals surface area contributed by atoms with Crippen molar-refractivity contribution in [3.8, 4) is 0 Å². The Morgan fingerprint density at radius 2 is 2.07 bits per heavy atom. The molecular formula is C21H37N5OS. The highest BCUT2D eigenvalue weighted by atomic mass is 32.1. The first-order valence-corrected chi connectivity index (χ1v) is 11.3. The van der Waals surface area contributed by atoms with Gasteiger partial charge in [0.2, 0.25) is 5.91 Å². The first-order chi connectivity index (χ1) is 13.4. The molecule has 1 saturated heterocycles. The molecule has 1 aromatic heterocycles. The van der Waals surface area contributed by atoms with Gasteiger partial charge in [-0.05, 0) is 64.1 Å². The van der Waals surface area contributed by atoms with Crippen LogP contribution in [0.1, 0.15) is 51.5 Å². The van der Waals surface area contributed by atoms with E-state index in [1.165, 1.54) is 17.7 Å². The molecule has 1 aliphatic heterocycles. The lowest BCUT2D eigenvalue weighted by Crippen LogP contribution is -2.45. The summed E-state index contributed by atoms with van der Waals surface area (Å²) in [5.41, 5.74) is -0.534. The molecule has 1 amide bonds. The maximum absolute atomic E-state index is 12.0. The lowest BCUT2D eigenvalue weighted by molar-refractivity contribution is -0.128. The van der Waals surface area contributed by atoms with Crippen molar-refractivity contribution in [2.75, 3.05) is 39.8 Å². The van der Waals surface area contributed by atoms with E-state index in [4.69, 9.17) is 0 Å². The molecule has 1 atom stereocenters. The highest BCUT2D eigenvalue weighted by Gasteiger charge is 2.27. The van der Waals surface area contributed by atoms with Gasteiger partial charge in [-0.2, -0.15) is 0 Å². The van der Waals surface area contributed by atoms with Crippen LogP contribution in [-0.2, 0) is 4.79 Å². The van der Waals surface area contributed by atoms with E-state index in [-0.39, 0.29) is 5.91 Å². The number of likely N-dealkylation sites (tertiary alicyclic amines) is 1. The third-order valence-electron chi connectivity index (χ3n) is 5.41. The van der Waals surface area contributed by atoms with Crippen molar-refractivity contribution in [3.05, 3.63) is 22.4 Å². The minimum Gasteiger partial charge on any atom is -0.359 e. The van der Waals surface area contributed by atoms with Gasteiger partial charge in [-0.1, -0.05) is 13.0 Å². The number of rotatable bonds is 8. The van der Waals surface area contributed by atoms with E-state index in [1.807, 2.05) is 25.2 Å². The van der Waals surface area contributed by atoms with Crippen LogP contribution in [0.5, 0.6) is 0 Å². The molecule has 3 N–H and O–H groups in total. The van der Waals surface area contributed by atoms with Crippen molar-refractivity contribution in [2.45, 2.75) is 46.6 Å². The molecule has 0 bridgehead atoms. The van der Waals surface area contributed by atoms with Crippen LogP contribution >= 0.6 is 11.3 Å². The van der Waals surface area contributed by atoms with Crippen LogP contribution in [0.2, 0.25) is 0 Å². The molecule has 1 aromatic rings. The molecule has 0 spiro atoms. The predicted octanol–water partition coefficient (Wildman–Crippen LogP) is 2.85. The quantitative estimate of drug-likeness (QED) is 0.458. The Morgan fingerprint density at radius 3 is 2.64 bits per heavy atom. The Kier molecular flexibility index (Phi) is 8.76. The minimum absolute atomic E-state index is 0.00555. The Labute approximate surface area is 174 Å². The van der Waals surface area contributed by atoms with Crippen LogP contribution in [-0.4, -0.2) is 56.5 Å². The number of hydrogen-bond donors (Lipinski definition) is 3. The van der Waals surface area contributed by atoms with E-state index in [2.05, 4.69) is 57.2 Å². The molecule has 7 heteroatoms. The van der Waals surface area contributed by atoms with Gasteiger partial charge in [-0.3, -0.25) is 14.7 Å². The zero-order chi connectivity index (χ0) is 20.6. The van der Waals surface area contributed by atoms with E-state index in [0.29, 0.717) is 12.6 Å². The molecule has 0 aromatic carbocycles. The van der Waals surface area contributed by atoms with Gasteiger partial charge in [0, 0.05) is 25.0 Å². The summed E-state index contributed by atoms with van der Waals surface area (Å²) in [6, 6.07) is 4.71. The van der Waals surface area contributed by atoms with Gasteiger partial charge in [0.05, 0.1) is 18.0 Å². The van der Waals surface area contributed by atoms with Crippen molar-refractivity contribution in [1.82, 2.24) is 20.9 Å². The summed E-state index contributed by atoms with van der Waals surface area (Å²) in [6.45, 7) is 12.6. The van der Waals surface area contributed by atoms with Gasteiger partial charge in [0.25, 0.3) is 0 Å². The van der Waals surface area contributed by atoms with Crippen molar-refractivity contribution in [1.29, 1.82) is 0 Å². The molecule has 0 saturated carbocycles. The Balaban J connectivity index is 2.05. The third-order valence-corrected chi connectivity index (χ3v) is 6.39. The Bertz CT molecular complexity index is 621. The highest BCUT2D eigenvalue weighted by Crippen LogP contribution is 2.29. The summed E-state index contributed by atoms with van der Waals surface area (Å²) >= 11 is 1.82. The SMILES string of the molecule is CCNC(=NCC(C)(C)C(=O)NC)NCC(c1cccs1)N1CCC(C)CC1. The predicted molar refractivity (Wildman–Crippen MR) is 119 cm³/mol. The second-order valence-corrected chi connectivity index (χ2v) is 9.27. The summed E-state index contributed by atoms with van der Waals surface area (Å²) in [6.07, 6.45) is 2.52. The van der Waals surface area contributed by atoms with Crippen molar-refractivity contribution >= 4 is 23.2 Å². The number of carbonyl (C=O) groups is 1. The summed E-state index contributed by atoms with van der Waals surface area (Å²) in [5, 5.41) is 11.7. The maximum atomic E-state index is 12.0. The first kappa shape index (κ1) is 22.7. The van der Waals surface area contributed by atoms with Gasteiger partial charge < -0.3 is 16.0 Å². The van der Waals surface area contributed by atoms with Crippen molar-refractivity contribution in [3.63, 3.8) is 0 Å². The Morgan fingerprint density at radius 1 is 1.36 bits per heavy atom. The molecule has 1 unspecified atom stereocenters. The average Bonchev–Trinajstić information content (AvgIpc) is 3.21. The number of aliphatic imine (C=N–C) groups is 1. The maximum Gasteiger partial charge on any atom is 0.227 e. The highest BCUT2D eigenvalue weighted by molar-refractivity contribution is 7.10. The van der Waals surface area contributed by atoms with Crippen LogP contribution in [0.4, 0.5) is 0 Å². The van der Waals surface area contributed by atoms with Crippen LogP contribution in [0.25, 0.3) is 0 Å². The van der Waals surface area contributed by atoms with Crippen LogP contribution in [0, 0.1) is 11.3 Å². The molecule has 6 nitrogen and oxygen atoms in total. The molecule has 2 heterocycles. The fraction of sp³-hybridized carbons (Fsp3) is 0.714. The molecule has 158 valence electrons. The monoisotopic (exact) mass is 407 g/mol. The zero-order valence-corrected chi connectivity index (χ0v) is 18.9. The van der Waals surface area contributed by atoms with Gasteiger partial charge in [-0.15, -0.1) is 11.3 Å². The second-order valence-electron chi connectivity index (χ2n) is 8.29. The zero-order valence-electron chi connectivity index (χ0n) is 18.0. The van der Waals surface area contributed by atoms with Gasteiger partial charge in [-0.25, -0.2) is 0 Å². The van der Waals surface area contributed by atoms with Crippen molar-refractivity contribution < 1.29 is 4.79 Å². The summed E-state index contributed by atoms with van der Waals surface area (Å²) in [7, 11) is 1.67. The Hall–Kier alpha value is -1.60. The van der Waals surface area contributed by atoms with Gasteiger partial charge in [0.1, 0.15) is 0 Å². The lowest BCUT2D eigenvalue weighted by Gasteiger charge is -2.36. The number of piperidine rings is 1. The van der Waals surface area contributed by atoms with Gasteiger partial charge >= 0.3 is 0 Å². The number of carbonyl (C=O) groups excluding carboxylic acids is 1. The summed E-state index contributed by atoms with van der Waals surface area (Å²) in [4.78, 5) is 20.7. The number of guanidine groups is 1. The second kappa shape index (κ2) is 10.8. The fourth-order valence-electron chi connectivity index (χ4n) is 3.45. The third kappa shape index (κ3) is 6.48. The van der Waals surface area contributed by atoms with Crippen molar-refractivity contribution in [2.24, 2.45) is 16.3 Å². The molecule has 1 fully saturated rings. The lowest BCUT2D eigenvalue weighted by atomic mass is 9.93. The topological polar surface area (TPSA) is 68.8 Å². The summed E-state index contributed by atoms with van der Waals surface area (Å²) in [5.74, 6) is 1.59. The fourth-order valence-corrected chi connectivity index (χ4v) is 4.31. The molecule has 2 rings (SSSR count). The first-order valence-electron chi connectivity index (χ1n) is 10.4. The number of hydrogen-bond acceptors (Lipinski definition) is 4. The van der Waals surface area contributed by atoms with E-state index >= 15 is 0 Å². The standard InChI is InChI=1S/C21H37N5OS/c1-6-23-20(25-15-21(3,4)19(27)22-5)24-14-17(18-8-7-13-28-18)26-11-9-16(2)10-12-26/h7-8,13,16-17H,6,9-12,14-15H2,1-5H3,(H,22,27)(H2,23,24,25). The van der Waals surface area contributed by atoms with E-state index in [1.54, 1.807) is 7.05 Å².